The third kappa shape index (κ3) is 4.20. The summed E-state index contributed by atoms with van der Waals surface area (Å²) in [6, 6.07) is 5.10. The zero-order valence-corrected chi connectivity index (χ0v) is 14.9. The third-order valence-electron chi connectivity index (χ3n) is 3.87. The standard InChI is InChI=1S/C17H15ClFN5O3/c1-20-17(27)14-11(7-12(23-24-14)22-15(25)8-5-6-8)21-16(26)13-9(18)3-2-4-10(13)19/h2-4,7-8H,5-6H2,1H3,(H,20,27)(H2,21,22,23,25,26). The molecule has 1 aromatic heterocycles. The quantitative estimate of drug-likeness (QED) is 0.723. The first-order valence-corrected chi connectivity index (χ1v) is 8.44. The summed E-state index contributed by atoms with van der Waals surface area (Å²) in [6.07, 6.45) is 1.59. The summed E-state index contributed by atoms with van der Waals surface area (Å²) >= 11 is 5.90. The number of hydrogen-bond acceptors (Lipinski definition) is 5. The highest BCUT2D eigenvalue weighted by Crippen LogP contribution is 2.30. The predicted octanol–water partition coefficient (Wildman–Crippen LogP) is 2.23. The monoisotopic (exact) mass is 391 g/mol. The maximum Gasteiger partial charge on any atom is 0.273 e. The van der Waals surface area contributed by atoms with Gasteiger partial charge in [-0.25, -0.2) is 4.39 Å². The third-order valence-corrected chi connectivity index (χ3v) is 4.19. The van der Waals surface area contributed by atoms with Crippen LogP contribution in [0.5, 0.6) is 0 Å². The minimum Gasteiger partial charge on any atom is -0.354 e. The number of carbonyl (C=O) groups excluding carboxylic acids is 3. The Morgan fingerprint density at radius 1 is 1.15 bits per heavy atom. The highest BCUT2D eigenvalue weighted by Gasteiger charge is 2.30. The van der Waals surface area contributed by atoms with Gasteiger partial charge in [-0.3, -0.25) is 14.4 Å². The van der Waals surface area contributed by atoms with Crippen LogP contribution >= 0.6 is 11.6 Å². The van der Waals surface area contributed by atoms with E-state index in [-0.39, 0.29) is 39.6 Å². The van der Waals surface area contributed by atoms with E-state index in [1.54, 1.807) is 0 Å². The van der Waals surface area contributed by atoms with Crippen LogP contribution in [0.25, 0.3) is 0 Å². The van der Waals surface area contributed by atoms with E-state index in [0.29, 0.717) is 0 Å². The fraction of sp³-hybridized carbons (Fsp3) is 0.235. The Balaban J connectivity index is 1.91. The molecule has 3 N–H and O–H groups in total. The fourth-order valence-corrected chi connectivity index (χ4v) is 2.56. The lowest BCUT2D eigenvalue weighted by Gasteiger charge is -2.12. The van der Waals surface area contributed by atoms with Crippen LogP contribution in [0.1, 0.15) is 33.7 Å². The number of anilines is 2. The van der Waals surface area contributed by atoms with Gasteiger partial charge in [0.2, 0.25) is 5.91 Å². The zero-order valence-electron chi connectivity index (χ0n) is 14.2. The number of hydrogen-bond donors (Lipinski definition) is 3. The summed E-state index contributed by atoms with van der Waals surface area (Å²) in [4.78, 5) is 36.3. The lowest BCUT2D eigenvalue weighted by atomic mass is 10.2. The molecule has 0 bridgehead atoms. The lowest BCUT2D eigenvalue weighted by molar-refractivity contribution is -0.117. The summed E-state index contributed by atoms with van der Waals surface area (Å²) in [5.74, 6) is -2.51. The smallest absolute Gasteiger partial charge is 0.273 e. The van der Waals surface area contributed by atoms with Crippen LogP contribution < -0.4 is 16.0 Å². The highest BCUT2D eigenvalue weighted by atomic mass is 35.5. The van der Waals surface area contributed by atoms with Crippen molar-refractivity contribution in [1.82, 2.24) is 15.5 Å². The molecule has 2 aromatic rings. The molecule has 1 aliphatic rings. The summed E-state index contributed by atoms with van der Waals surface area (Å²) in [5, 5.41) is 14.8. The Hall–Kier alpha value is -3.07. The number of rotatable bonds is 5. The van der Waals surface area contributed by atoms with Gasteiger partial charge in [0.05, 0.1) is 16.3 Å². The van der Waals surface area contributed by atoms with Gasteiger partial charge in [0.15, 0.2) is 11.5 Å². The molecule has 1 fully saturated rings. The molecule has 0 atom stereocenters. The number of amides is 3. The van der Waals surface area contributed by atoms with Crippen LogP contribution in [0.3, 0.4) is 0 Å². The van der Waals surface area contributed by atoms with Gasteiger partial charge in [0, 0.05) is 19.0 Å². The molecule has 140 valence electrons. The van der Waals surface area contributed by atoms with Crippen LogP contribution in [0, 0.1) is 11.7 Å². The SMILES string of the molecule is CNC(=O)c1nnc(NC(=O)C2CC2)cc1NC(=O)c1c(F)cccc1Cl. The maximum atomic E-state index is 14.0. The zero-order chi connectivity index (χ0) is 19.6. The van der Waals surface area contributed by atoms with Crippen molar-refractivity contribution in [2.75, 3.05) is 17.7 Å². The van der Waals surface area contributed by atoms with Crippen LogP contribution in [-0.2, 0) is 4.79 Å². The van der Waals surface area contributed by atoms with Crippen molar-refractivity contribution in [1.29, 1.82) is 0 Å². The predicted molar refractivity (Wildman–Crippen MR) is 96.1 cm³/mol. The Labute approximate surface area is 158 Å². The molecule has 3 rings (SSSR count). The molecular weight excluding hydrogens is 377 g/mol. The van der Waals surface area contributed by atoms with Gasteiger partial charge in [-0.15, -0.1) is 10.2 Å². The number of halogens is 2. The van der Waals surface area contributed by atoms with E-state index in [9.17, 15) is 18.8 Å². The summed E-state index contributed by atoms with van der Waals surface area (Å²) < 4.78 is 14.0. The Bertz CT molecular complexity index is 913. The Morgan fingerprint density at radius 2 is 1.89 bits per heavy atom. The molecule has 0 spiro atoms. The number of nitrogens with zero attached hydrogens (tertiary/aromatic N) is 2. The van der Waals surface area contributed by atoms with Crippen molar-refractivity contribution in [3.63, 3.8) is 0 Å². The molecule has 0 saturated heterocycles. The van der Waals surface area contributed by atoms with E-state index in [1.165, 1.54) is 25.2 Å². The van der Waals surface area contributed by atoms with Crippen LogP contribution in [0.15, 0.2) is 24.3 Å². The normalized spacial score (nSPS) is 13.0. The Morgan fingerprint density at radius 3 is 2.52 bits per heavy atom. The van der Waals surface area contributed by atoms with Gasteiger partial charge in [0.25, 0.3) is 11.8 Å². The molecule has 8 nitrogen and oxygen atoms in total. The average molecular weight is 392 g/mol. The van der Waals surface area contributed by atoms with Crippen molar-refractivity contribution >= 4 is 40.8 Å². The second-order valence-electron chi connectivity index (χ2n) is 5.89. The first-order valence-electron chi connectivity index (χ1n) is 8.06. The van der Waals surface area contributed by atoms with Gasteiger partial charge in [0.1, 0.15) is 5.82 Å². The molecule has 0 radical (unpaired) electrons. The number of aromatic nitrogens is 2. The first kappa shape index (κ1) is 18.7. The van der Waals surface area contributed by atoms with E-state index in [2.05, 4.69) is 26.1 Å². The molecule has 1 saturated carbocycles. The number of nitrogens with one attached hydrogen (secondary N) is 3. The van der Waals surface area contributed by atoms with E-state index >= 15 is 0 Å². The Kier molecular flexibility index (Phi) is 5.31. The van der Waals surface area contributed by atoms with E-state index in [1.807, 2.05) is 0 Å². The minimum absolute atomic E-state index is 0.0419. The van der Waals surface area contributed by atoms with Crippen LogP contribution in [-0.4, -0.2) is 35.0 Å². The van der Waals surface area contributed by atoms with Crippen molar-refractivity contribution < 1.29 is 18.8 Å². The summed E-state index contributed by atoms with van der Waals surface area (Å²) in [7, 11) is 1.38. The van der Waals surface area contributed by atoms with Crippen molar-refractivity contribution in [3.05, 3.63) is 46.4 Å². The van der Waals surface area contributed by atoms with Gasteiger partial charge in [-0.05, 0) is 25.0 Å². The second-order valence-corrected chi connectivity index (χ2v) is 6.29. The molecule has 0 unspecified atom stereocenters. The molecule has 3 amide bonds. The van der Waals surface area contributed by atoms with Gasteiger partial charge < -0.3 is 16.0 Å². The fourth-order valence-electron chi connectivity index (χ4n) is 2.31. The van der Waals surface area contributed by atoms with Gasteiger partial charge >= 0.3 is 0 Å². The van der Waals surface area contributed by atoms with E-state index in [0.717, 1.165) is 18.9 Å². The molecule has 1 aliphatic carbocycles. The molecular formula is C17H15ClFN5O3. The van der Waals surface area contributed by atoms with Crippen LogP contribution in [0.2, 0.25) is 5.02 Å². The topological polar surface area (TPSA) is 113 Å². The average Bonchev–Trinajstić information content (AvgIpc) is 3.46. The molecule has 27 heavy (non-hydrogen) atoms. The van der Waals surface area contributed by atoms with Crippen LogP contribution in [0.4, 0.5) is 15.9 Å². The van der Waals surface area contributed by atoms with Gasteiger partial charge in [-0.2, -0.15) is 0 Å². The second kappa shape index (κ2) is 7.67. The molecule has 10 heteroatoms. The highest BCUT2D eigenvalue weighted by molar-refractivity contribution is 6.34. The van der Waals surface area contributed by atoms with Crippen molar-refractivity contribution in [2.24, 2.45) is 5.92 Å². The van der Waals surface area contributed by atoms with E-state index < -0.39 is 17.6 Å². The first-order chi connectivity index (χ1) is 12.9. The van der Waals surface area contributed by atoms with Crippen molar-refractivity contribution in [2.45, 2.75) is 12.8 Å². The maximum absolute atomic E-state index is 14.0. The van der Waals surface area contributed by atoms with Gasteiger partial charge in [-0.1, -0.05) is 17.7 Å². The molecule has 1 aromatic carbocycles. The van der Waals surface area contributed by atoms with Crippen molar-refractivity contribution in [3.8, 4) is 0 Å². The number of carbonyl (C=O) groups is 3. The number of benzene rings is 1. The summed E-state index contributed by atoms with van der Waals surface area (Å²) in [5.41, 5.74) is -0.607. The largest absolute Gasteiger partial charge is 0.354 e. The molecule has 0 aliphatic heterocycles. The summed E-state index contributed by atoms with van der Waals surface area (Å²) in [6.45, 7) is 0. The molecule has 1 heterocycles. The minimum atomic E-state index is -0.865. The van der Waals surface area contributed by atoms with E-state index in [4.69, 9.17) is 11.6 Å². The lowest BCUT2D eigenvalue weighted by Crippen LogP contribution is -2.25.